The van der Waals surface area contributed by atoms with Crippen molar-refractivity contribution in [2.24, 2.45) is 10.2 Å². The number of nitrogens with one attached hydrogen (secondary N) is 2. The molecule has 0 unspecified atom stereocenters. The molecule has 1 aliphatic carbocycles. The molecule has 2 N–H and O–H groups in total. The molecule has 4 rings (SSSR count). The lowest BCUT2D eigenvalue weighted by molar-refractivity contribution is 0.0952. The predicted molar refractivity (Wildman–Crippen MR) is 96.4 cm³/mol. The van der Waals surface area contributed by atoms with Crippen molar-refractivity contribution in [1.82, 2.24) is 20.5 Å². The summed E-state index contributed by atoms with van der Waals surface area (Å²) in [5.41, 5.74) is 1.14. The molecule has 7 nitrogen and oxygen atoms in total. The zero-order chi connectivity index (χ0) is 18.0. The van der Waals surface area contributed by atoms with Crippen molar-refractivity contribution >= 4 is 5.91 Å². The summed E-state index contributed by atoms with van der Waals surface area (Å²) in [5, 5.41) is 18.3. The molecule has 0 saturated heterocycles. The molecule has 1 aromatic carbocycles. The second-order valence-corrected chi connectivity index (χ2v) is 6.79. The van der Waals surface area contributed by atoms with E-state index in [0.717, 1.165) is 17.8 Å². The fourth-order valence-electron chi connectivity index (χ4n) is 2.86. The van der Waals surface area contributed by atoms with Gasteiger partial charge in [-0.3, -0.25) is 9.89 Å². The van der Waals surface area contributed by atoms with Crippen LogP contribution in [0.15, 0.2) is 34.5 Å². The van der Waals surface area contributed by atoms with Gasteiger partial charge in [0, 0.05) is 42.9 Å². The lowest BCUT2D eigenvalue weighted by atomic mass is 10.0. The molecule has 26 heavy (non-hydrogen) atoms. The van der Waals surface area contributed by atoms with Crippen molar-refractivity contribution < 1.29 is 4.79 Å². The van der Waals surface area contributed by atoms with Crippen LogP contribution in [0.1, 0.15) is 54.2 Å². The highest BCUT2D eigenvalue weighted by Gasteiger charge is 2.38. The van der Waals surface area contributed by atoms with Gasteiger partial charge in [0.05, 0.1) is 0 Å². The van der Waals surface area contributed by atoms with Crippen LogP contribution in [-0.4, -0.2) is 33.3 Å². The van der Waals surface area contributed by atoms with Crippen molar-refractivity contribution in [2.75, 3.05) is 6.54 Å². The summed E-state index contributed by atoms with van der Waals surface area (Å²) in [6.45, 7) is 0.518. The SMILES string of the molecule is C#CCCC1(CCNC(=O)c2ccc(-c3n[nH]c(C4CC4)n3)cc2)N=N1. The maximum absolute atomic E-state index is 12.3. The van der Waals surface area contributed by atoms with Gasteiger partial charge in [0.1, 0.15) is 5.82 Å². The van der Waals surface area contributed by atoms with Crippen LogP contribution in [0.3, 0.4) is 0 Å². The van der Waals surface area contributed by atoms with Crippen LogP contribution in [-0.2, 0) is 0 Å². The third kappa shape index (κ3) is 3.64. The van der Waals surface area contributed by atoms with Crippen LogP contribution in [0.4, 0.5) is 0 Å². The van der Waals surface area contributed by atoms with Gasteiger partial charge in [0.25, 0.3) is 5.91 Å². The first-order chi connectivity index (χ1) is 12.7. The van der Waals surface area contributed by atoms with E-state index in [2.05, 4.69) is 36.6 Å². The molecular formula is C19H20N6O. The van der Waals surface area contributed by atoms with E-state index < -0.39 is 0 Å². The van der Waals surface area contributed by atoms with Crippen molar-refractivity contribution in [1.29, 1.82) is 0 Å². The third-order valence-electron chi connectivity index (χ3n) is 4.74. The van der Waals surface area contributed by atoms with E-state index in [9.17, 15) is 4.79 Å². The number of benzene rings is 1. The largest absolute Gasteiger partial charge is 0.352 e. The Morgan fingerprint density at radius 1 is 1.27 bits per heavy atom. The normalized spacial score (nSPS) is 16.9. The van der Waals surface area contributed by atoms with Gasteiger partial charge < -0.3 is 5.32 Å². The first-order valence-electron chi connectivity index (χ1n) is 8.88. The van der Waals surface area contributed by atoms with E-state index >= 15 is 0 Å². The van der Waals surface area contributed by atoms with E-state index in [0.29, 0.717) is 36.7 Å². The van der Waals surface area contributed by atoms with Crippen molar-refractivity contribution in [3.8, 4) is 23.7 Å². The molecule has 1 aromatic heterocycles. The summed E-state index contributed by atoms with van der Waals surface area (Å²) in [7, 11) is 0. The summed E-state index contributed by atoms with van der Waals surface area (Å²) >= 11 is 0. The topological polar surface area (TPSA) is 95.4 Å². The minimum absolute atomic E-state index is 0.113. The number of rotatable bonds is 8. The molecule has 0 spiro atoms. The van der Waals surface area contributed by atoms with Crippen LogP contribution in [0, 0.1) is 12.3 Å². The molecule has 132 valence electrons. The van der Waals surface area contributed by atoms with Gasteiger partial charge in [-0.2, -0.15) is 15.3 Å². The molecule has 1 aliphatic heterocycles. The highest BCUT2D eigenvalue weighted by molar-refractivity contribution is 5.94. The van der Waals surface area contributed by atoms with E-state index in [1.165, 1.54) is 12.8 Å². The van der Waals surface area contributed by atoms with E-state index in [-0.39, 0.29) is 11.6 Å². The van der Waals surface area contributed by atoms with Crippen LogP contribution >= 0.6 is 0 Å². The van der Waals surface area contributed by atoms with Gasteiger partial charge >= 0.3 is 0 Å². The zero-order valence-corrected chi connectivity index (χ0v) is 14.4. The first kappa shape index (κ1) is 16.5. The molecule has 0 radical (unpaired) electrons. The van der Waals surface area contributed by atoms with Crippen molar-refractivity contribution in [3.05, 3.63) is 35.7 Å². The molecule has 2 aromatic rings. The number of terminal acetylenes is 1. The second kappa shape index (κ2) is 6.71. The standard InChI is InChI=1S/C19H20N6O/c1-2-3-10-19(24-25-19)11-12-20-18(26)15-8-6-14(7-9-15)17-21-16(22-23-17)13-4-5-13/h1,6-9,13H,3-5,10-12H2,(H,20,26)(H,21,22,23). The van der Waals surface area contributed by atoms with Crippen molar-refractivity contribution in [2.45, 2.75) is 43.7 Å². The summed E-state index contributed by atoms with van der Waals surface area (Å²) in [6.07, 6.45) is 9.70. The molecule has 0 bridgehead atoms. The average molecular weight is 348 g/mol. The van der Waals surface area contributed by atoms with E-state index in [1.807, 2.05) is 12.1 Å². The summed E-state index contributed by atoms with van der Waals surface area (Å²) in [6, 6.07) is 7.32. The highest BCUT2D eigenvalue weighted by atomic mass is 16.1. The van der Waals surface area contributed by atoms with Crippen LogP contribution in [0.2, 0.25) is 0 Å². The fourth-order valence-corrected chi connectivity index (χ4v) is 2.86. The molecule has 7 heteroatoms. The Bertz CT molecular complexity index is 866. The number of aromatic amines is 1. The monoisotopic (exact) mass is 348 g/mol. The molecule has 0 atom stereocenters. The first-order valence-corrected chi connectivity index (χ1v) is 8.88. The number of nitrogens with zero attached hydrogens (tertiary/aromatic N) is 4. The quantitative estimate of drug-likeness (QED) is 0.718. The highest BCUT2D eigenvalue weighted by Crippen LogP contribution is 2.38. The van der Waals surface area contributed by atoms with Gasteiger partial charge in [0.2, 0.25) is 0 Å². The molecule has 1 saturated carbocycles. The van der Waals surface area contributed by atoms with Crippen LogP contribution < -0.4 is 5.32 Å². The molecule has 2 heterocycles. The third-order valence-corrected chi connectivity index (χ3v) is 4.74. The Hall–Kier alpha value is -3.01. The van der Waals surface area contributed by atoms with E-state index in [1.54, 1.807) is 12.1 Å². The number of carbonyl (C=O) groups is 1. The van der Waals surface area contributed by atoms with Gasteiger partial charge in [-0.05, 0) is 25.0 Å². The Morgan fingerprint density at radius 2 is 2.04 bits per heavy atom. The Morgan fingerprint density at radius 3 is 2.69 bits per heavy atom. The number of hydrogen-bond donors (Lipinski definition) is 2. The average Bonchev–Trinajstić information content (AvgIpc) is 3.60. The molecule has 1 fully saturated rings. The maximum Gasteiger partial charge on any atom is 0.251 e. The van der Waals surface area contributed by atoms with Crippen LogP contribution in [0.5, 0.6) is 0 Å². The number of amides is 1. The fraction of sp³-hybridized carbons (Fsp3) is 0.421. The lowest BCUT2D eigenvalue weighted by Gasteiger charge is -2.10. The minimum Gasteiger partial charge on any atom is -0.352 e. The second-order valence-electron chi connectivity index (χ2n) is 6.79. The summed E-state index contributed by atoms with van der Waals surface area (Å²) < 4.78 is 0. The van der Waals surface area contributed by atoms with Gasteiger partial charge in [-0.25, -0.2) is 4.98 Å². The Labute approximate surface area is 151 Å². The predicted octanol–water partition coefficient (Wildman–Crippen LogP) is 3.04. The Kier molecular flexibility index (Phi) is 4.25. The van der Waals surface area contributed by atoms with E-state index in [4.69, 9.17) is 6.42 Å². The minimum atomic E-state index is -0.367. The smallest absolute Gasteiger partial charge is 0.251 e. The lowest BCUT2D eigenvalue weighted by Crippen LogP contribution is -2.28. The molecule has 1 amide bonds. The number of H-pyrrole nitrogens is 1. The van der Waals surface area contributed by atoms with Gasteiger partial charge in [-0.15, -0.1) is 12.3 Å². The van der Waals surface area contributed by atoms with Crippen LogP contribution in [0.25, 0.3) is 11.4 Å². The molecular weight excluding hydrogens is 328 g/mol. The number of aromatic nitrogens is 3. The molecule has 2 aliphatic rings. The zero-order valence-electron chi connectivity index (χ0n) is 14.4. The number of hydrogen-bond acceptors (Lipinski definition) is 5. The Balaban J connectivity index is 1.30. The summed E-state index contributed by atoms with van der Waals surface area (Å²) in [5.74, 6) is 4.65. The maximum atomic E-state index is 12.3. The van der Waals surface area contributed by atoms with Crippen molar-refractivity contribution in [3.63, 3.8) is 0 Å². The van der Waals surface area contributed by atoms with Gasteiger partial charge in [-0.1, -0.05) is 12.1 Å². The van der Waals surface area contributed by atoms with Gasteiger partial charge in [0.15, 0.2) is 11.5 Å². The summed E-state index contributed by atoms with van der Waals surface area (Å²) in [4.78, 5) is 16.8. The number of carbonyl (C=O) groups excluding carboxylic acids is 1.